The third-order valence-corrected chi connectivity index (χ3v) is 4.26. The summed E-state index contributed by atoms with van der Waals surface area (Å²) in [4.78, 5) is 19.9. The molecule has 2 aromatic heterocycles. The van der Waals surface area contributed by atoms with Crippen LogP contribution in [0.1, 0.15) is 19.2 Å². The monoisotopic (exact) mass is 376 g/mol. The fourth-order valence-corrected chi connectivity index (χ4v) is 2.81. The minimum atomic E-state index is -0.249. The number of aryl methyl sites for hydroxylation is 1. The van der Waals surface area contributed by atoms with Gasteiger partial charge in [0.2, 0.25) is 5.91 Å². The summed E-state index contributed by atoms with van der Waals surface area (Å²) in [7, 11) is 0. The molecular formula is C15H13ClN6O2S. The van der Waals surface area contributed by atoms with E-state index in [2.05, 4.69) is 29.9 Å². The Bertz CT molecular complexity index is 988. The van der Waals surface area contributed by atoms with Crippen LogP contribution in [0.25, 0.3) is 11.0 Å². The highest BCUT2D eigenvalue weighted by molar-refractivity contribution is 7.11. The van der Waals surface area contributed by atoms with E-state index in [-0.39, 0.29) is 28.8 Å². The topological polar surface area (TPSA) is 113 Å². The van der Waals surface area contributed by atoms with Crippen molar-refractivity contribution in [1.29, 1.82) is 0 Å². The van der Waals surface area contributed by atoms with Crippen molar-refractivity contribution in [2.75, 3.05) is 5.32 Å². The standard InChI is InChI=1S/C15H13ClN6O2S/c1-3-12(23)19-11-5-8(4-10(16)13(11)24)20-21-15-9-6-17-7(2)18-14(9)22-25-15/h4-6,24H,3H2,1-2H3,(H,19,23). The van der Waals surface area contributed by atoms with Crippen LogP contribution in [-0.2, 0) is 4.79 Å². The first-order chi connectivity index (χ1) is 12.0. The first-order valence-corrected chi connectivity index (χ1v) is 8.46. The molecule has 0 atom stereocenters. The number of rotatable bonds is 4. The lowest BCUT2D eigenvalue weighted by Gasteiger charge is -2.08. The van der Waals surface area contributed by atoms with Gasteiger partial charge in [0, 0.05) is 12.6 Å². The number of phenols is 1. The summed E-state index contributed by atoms with van der Waals surface area (Å²) in [5.41, 5.74) is 1.12. The van der Waals surface area contributed by atoms with Crippen molar-refractivity contribution in [3.05, 3.63) is 29.2 Å². The molecule has 0 spiro atoms. The van der Waals surface area contributed by atoms with Gasteiger partial charge >= 0.3 is 0 Å². The predicted octanol–water partition coefficient (Wildman–Crippen LogP) is 4.52. The van der Waals surface area contributed by atoms with E-state index < -0.39 is 0 Å². The predicted molar refractivity (Wildman–Crippen MR) is 96.2 cm³/mol. The van der Waals surface area contributed by atoms with Crippen LogP contribution < -0.4 is 5.32 Å². The zero-order chi connectivity index (χ0) is 18.0. The summed E-state index contributed by atoms with van der Waals surface area (Å²) >= 11 is 7.14. The van der Waals surface area contributed by atoms with E-state index in [0.29, 0.717) is 27.5 Å². The Morgan fingerprint density at radius 2 is 2.20 bits per heavy atom. The molecule has 128 valence electrons. The molecule has 0 bridgehead atoms. The zero-order valence-electron chi connectivity index (χ0n) is 13.3. The molecule has 10 heteroatoms. The van der Waals surface area contributed by atoms with Crippen molar-refractivity contribution in [2.24, 2.45) is 10.2 Å². The number of fused-ring (bicyclic) bond motifs is 1. The number of carbonyl (C=O) groups is 1. The van der Waals surface area contributed by atoms with Crippen LogP contribution in [0.4, 0.5) is 16.4 Å². The summed E-state index contributed by atoms with van der Waals surface area (Å²) in [5.74, 6) is 0.166. The number of phenolic OH excluding ortho intramolecular Hbond substituents is 1. The molecule has 0 radical (unpaired) electrons. The van der Waals surface area contributed by atoms with E-state index in [1.165, 1.54) is 12.1 Å². The van der Waals surface area contributed by atoms with Crippen LogP contribution >= 0.6 is 23.1 Å². The summed E-state index contributed by atoms with van der Waals surface area (Å²) in [6, 6.07) is 2.94. The second-order valence-corrected chi connectivity index (χ2v) is 6.23. The van der Waals surface area contributed by atoms with E-state index in [4.69, 9.17) is 11.6 Å². The van der Waals surface area contributed by atoms with Gasteiger partial charge < -0.3 is 10.4 Å². The quantitative estimate of drug-likeness (QED) is 0.513. The van der Waals surface area contributed by atoms with Crippen molar-refractivity contribution in [3.8, 4) is 5.75 Å². The van der Waals surface area contributed by atoms with Crippen LogP contribution in [-0.4, -0.2) is 25.4 Å². The summed E-state index contributed by atoms with van der Waals surface area (Å²) in [5, 5.41) is 22.1. The average Bonchev–Trinajstić information content (AvgIpc) is 2.99. The van der Waals surface area contributed by atoms with Gasteiger partial charge in [-0.15, -0.1) is 10.2 Å². The number of aromatic nitrogens is 3. The molecule has 25 heavy (non-hydrogen) atoms. The average molecular weight is 377 g/mol. The maximum atomic E-state index is 11.5. The maximum Gasteiger partial charge on any atom is 0.224 e. The second kappa shape index (κ2) is 7.08. The van der Waals surface area contributed by atoms with Crippen molar-refractivity contribution < 1.29 is 9.90 Å². The van der Waals surface area contributed by atoms with Gasteiger partial charge in [0.05, 0.1) is 21.8 Å². The lowest BCUT2D eigenvalue weighted by Crippen LogP contribution is -2.09. The Balaban J connectivity index is 1.93. The van der Waals surface area contributed by atoms with E-state index in [1.54, 1.807) is 20.0 Å². The Morgan fingerprint density at radius 3 is 2.96 bits per heavy atom. The number of azo groups is 1. The number of amides is 1. The Kier molecular flexibility index (Phi) is 4.86. The van der Waals surface area contributed by atoms with E-state index in [1.807, 2.05) is 0 Å². The Morgan fingerprint density at radius 1 is 1.40 bits per heavy atom. The normalized spacial score (nSPS) is 11.3. The molecule has 8 nitrogen and oxygen atoms in total. The van der Waals surface area contributed by atoms with Gasteiger partial charge in [0.1, 0.15) is 5.82 Å². The van der Waals surface area contributed by atoms with Crippen LogP contribution in [0.15, 0.2) is 28.6 Å². The molecule has 0 fully saturated rings. The lowest BCUT2D eigenvalue weighted by atomic mass is 10.2. The number of nitrogens with one attached hydrogen (secondary N) is 1. The molecule has 1 aromatic carbocycles. The van der Waals surface area contributed by atoms with Crippen molar-refractivity contribution in [3.63, 3.8) is 0 Å². The van der Waals surface area contributed by atoms with Gasteiger partial charge in [0.25, 0.3) is 0 Å². The summed E-state index contributed by atoms with van der Waals surface area (Å²) in [6.07, 6.45) is 1.92. The molecule has 3 rings (SSSR count). The number of anilines is 1. The molecular weight excluding hydrogens is 364 g/mol. The van der Waals surface area contributed by atoms with Gasteiger partial charge in [-0.1, -0.05) is 18.5 Å². The highest BCUT2D eigenvalue weighted by Gasteiger charge is 2.12. The van der Waals surface area contributed by atoms with Crippen LogP contribution in [0.2, 0.25) is 5.02 Å². The van der Waals surface area contributed by atoms with Gasteiger partial charge in [0.15, 0.2) is 16.4 Å². The summed E-state index contributed by atoms with van der Waals surface area (Å²) < 4.78 is 4.21. The minimum absolute atomic E-state index is 0.0657. The van der Waals surface area contributed by atoms with Gasteiger partial charge in [-0.25, -0.2) is 9.97 Å². The third-order valence-electron chi connectivity index (χ3n) is 3.24. The van der Waals surface area contributed by atoms with Crippen LogP contribution in [0.3, 0.4) is 0 Å². The lowest BCUT2D eigenvalue weighted by molar-refractivity contribution is -0.115. The van der Waals surface area contributed by atoms with E-state index in [0.717, 1.165) is 11.5 Å². The summed E-state index contributed by atoms with van der Waals surface area (Å²) in [6.45, 7) is 3.49. The van der Waals surface area contributed by atoms with Crippen molar-refractivity contribution in [1.82, 2.24) is 14.3 Å². The molecule has 2 N–H and O–H groups in total. The van der Waals surface area contributed by atoms with Crippen LogP contribution in [0.5, 0.6) is 5.75 Å². The SMILES string of the molecule is CCC(=O)Nc1cc(N=Nc2snc3nc(C)ncc23)cc(Cl)c1O. The largest absolute Gasteiger partial charge is 0.504 e. The first-order valence-electron chi connectivity index (χ1n) is 7.31. The second-order valence-electron chi connectivity index (χ2n) is 5.07. The number of benzene rings is 1. The number of carbonyl (C=O) groups excluding carboxylic acids is 1. The Labute approximate surface area is 151 Å². The Hall–Kier alpha value is -2.65. The first kappa shape index (κ1) is 17.2. The molecule has 0 aliphatic carbocycles. The number of halogens is 1. The molecule has 0 saturated heterocycles. The van der Waals surface area contributed by atoms with E-state index in [9.17, 15) is 9.90 Å². The third kappa shape index (κ3) is 3.72. The smallest absolute Gasteiger partial charge is 0.224 e. The van der Waals surface area contributed by atoms with Gasteiger partial charge in [-0.3, -0.25) is 4.79 Å². The zero-order valence-corrected chi connectivity index (χ0v) is 14.9. The fourth-order valence-electron chi connectivity index (χ4n) is 1.97. The van der Waals surface area contributed by atoms with Crippen LogP contribution in [0, 0.1) is 6.92 Å². The van der Waals surface area contributed by atoms with E-state index >= 15 is 0 Å². The van der Waals surface area contributed by atoms with Gasteiger partial charge in [-0.05, 0) is 30.6 Å². The highest BCUT2D eigenvalue weighted by Crippen LogP contribution is 2.37. The van der Waals surface area contributed by atoms with Crippen molar-refractivity contribution >= 4 is 56.4 Å². The molecule has 3 aromatic rings. The molecule has 0 aliphatic heterocycles. The number of nitrogens with zero attached hydrogens (tertiary/aromatic N) is 5. The molecule has 0 aliphatic rings. The molecule has 1 amide bonds. The fraction of sp³-hybridized carbons (Fsp3) is 0.200. The number of hydrogen-bond donors (Lipinski definition) is 2. The maximum absolute atomic E-state index is 11.5. The van der Waals surface area contributed by atoms with Gasteiger partial charge in [-0.2, -0.15) is 4.37 Å². The number of hydrogen-bond acceptors (Lipinski definition) is 8. The van der Waals surface area contributed by atoms with Crippen molar-refractivity contribution in [2.45, 2.75) is 20.3 Å². The molecule has 2 heterocycles. The molecule has 0 saturated carbocycles. The number of aromatic hydroxyl groups is 1. The highest BCUT2D eigenvalue weighted by atomic mass is 35.5. The molecule has 0 unspecified atom stereocenters. The minimum Gasteiger partial charge on any atom is -0.504 e.